The van der Waals surface area contributed by atoms with Gasteiger partial charge in [0.15, 0.2) is 0 Å². The van der Waals surface area contributed by atoms with Gasteiger partial charge in [-0.1, -0.05) is 6.07 Å². The van der Waals surface area contributed by atoms with Gasteiger partial charge in [-0.05, 0) is 30.4 Å². The van der Waals surface area contributed by atoms with Gasteiger partial charge in [0.25, 0.3) is 5.91 Å². The summed E-state index contributed by atoms with van der Waals surface area (Å²) >= 11 is 1.37. The summed E-state index contributed by atoms with van der Waals surface area (Å²) in [5.74, 6) is -0.449. The second kappa shape index (κ2) is 6.42. The molecule has 9 heteroatoms. The summed E-state index contributed by atoms with van der Waals surface area (Å²) in [5, 5.41) is 4.57. The van der Waals surface area contributed by atoms with Crippen LogP contribution in [0, 0.1) is 0 Å². The summed E-state index contributed by atoms with van der Waals surface area (Å²) in [6, 6.07) is 3.57. The van der Waals surface area contributed by atoms with Gasteiger partial charge in [-0.3, -0.25) is 4.79 Å². The van der Waals surface area contributed by atoms with Crippen molar-refractivity contribution < 1.29 is 17.9 Å². The minimum Gasteiger partial charge on any atom is -0.376 e. The molecule has 0 bridgehead atoms. The number of nitrogens with zero attached hydrogens (tertiary/aromatic N) is 2. The smallest absolute Gasteiger partial charge is 0.345 e. The van der Waals surface area contributed by atoms with Gasteiger partial charge in [0, 0.05) is 20.2 Å². The molecule has 1 saturated heterocycles. The topological polar surface area (TPSA) is 88.1 Å². The average molecular weight is 355 g/mol. The lowest BCUT2D eigenvalue weighted by atomic mass is 10.2. The Bertz CT molecular complexity index is 747. The van der Waals surface area contributed by atoms with Crippen LogP contribution >= 0.6 is 11.3 Å². The third-order valence-corrected chi connectivity index (χ3v) is 5.90. The lowest BCUT2D eigenvalue weighted by Crippen LogP contribution is -2.40. The van der Waals surface area contributed by atoms with Crippen molar-refractivity contribution in [3.05, 3.63) is 34.2 Å². The molecule has 0 radical (unpaired) electrons. The summed E-state index contributed by atoms with van der Waals surface area (Å²) in [4.78, 5) is 13.1. The summed E-state index contributed by atoms with van der Waals surface area (Å²) in [7, 11) is -2.58. The van der Waals surface area contributed by atoms with Crippen molar-refractivity contribution in [2.45, 2.75) is 18.9 Å². The van der Waals surface area contributed by atoms with Crippen LogP contribution in [0.2, 0.25) is 0 Å². The minimum atomic E-state index is -3.90. The van der Waals surface area contributed by atoms with Crippen molar-refractivity contribution in [2.75, 3.05) is 20.2 Å². The maximum absolute atomic E-state index is 12.4. The summed E-state index contributed by atoms with van der Waals surface area (Å²) in [6.45, 7) is 1.07. The Balaban J connectivity index is 1.81. The molecule has 1 N–H and O–H groups in total. The molecule has 23 heavy (non-hydrogen) atoms. The highest BCUT2D eigenvalue weighted by Crippen LogP contribution is 2.22. The van der Waals surface area contributed by atoms with Gasteiger partial charge in [-0.2, -0.15) is 8.42 Å². The first kappa shape index (κ1) is 16.2. The van der Waals surface area contributed by atoms with Crippen LogP contribution in [0.3, 0.4) is 0 Å². The second-order valence-corrected chi connectivity index (χ2v) is 7.85. The van der Waals surface area contributed by atoms with Gasteiger partial charge in [0.05, 0.1) is 16.7 Å². The molecular formula is C14H17N3O4S2. The maximum Gasteiger partial charge on any atom is 0.345 e. The molecule has 3 heterocycles. The molecule has 1 aromatic rings. The number of rotatable bonds is 4. The second-order valence-electron chi connectivity index (χ2n) is 5.27. The third kappa shape index (κ3) is 3.46. The van der Waals surface area contributed by atoms with E-state index < -0.39 is 16.1 Å². The van der Waals surface area contributed by atoms with Crippen molar-refractivity contribution in [2.24, 2.45) is 4.40 Å². The Morgan fingerprint density at radius 2 is 2.39 bits per heavy atom. The van der Waals surface area contributed by atoms with E-state index in [1.807, 2.05) is 5.38 Å². The van der Waals surface area contributed by atoms with Gasteiger partial charge in [-0.25, -0.2) is 4.31 Å². The van der Waals surface area contributed by atoms with Crippen LogP contribution < -0.4 is 5.32 Å². The number of carbonyl (C=O) groups excluding carboxylic acids is 1. The van der Waals surface area contributed by atoms with Gasteiger partial charge in [0.2, 0.25) is 0 Å². The van der Waals surface area contributed by atoms with Crippen LogP contribution in [0.5, 0.6) is 0 Å². The standard InChI is InChI=1S/C14H17N3O4S2/c1-17-12(14(18)15-9-10-4-2-6-21-10)8-11(16-23(17,19)20)13-5-3-7-22-13/h3,5,7-8,10H,2,4,6,9H2,1H3,(H,15,18). The molecule has 1 atom stereocenters. The first-order valence-electron chi connectivity index (χ1n) is 7.21. The van der Waals surface area contributed by atoms with Gasteiger partial charge >= 0.3 is 10.2 Å². The molecule has 1 aromatic heterocycles. The Morgan fingerprint density at radius 3 is 3.04 bits per heavy atom. The van der Waals surface area contributed by atoms with Crippen LogP contribution in [0.15, 0.2) is 33.7 Å². The highest BCUT2D eigenvalue weighted by Gasteiger charge is 2.30. The number of hydrogen-bond acceptors (Lipinski definition) is 5. The number of amides is 1. The third-order valence-electron chi connectivity index (χ3n) is 3.69. The minimum absolute atomic E-state index is 0.00418. The molecule has 1 amide bonds. The van der Waals surface area contributed by atoms with Gasteiger partial charge < -0.3 is 10.1 Å². The van der Waals surface area contributed by atoms with Crippen LogP contribution in [0.4, 0.5) is 0 Å². The van der Waals surface area contributed by atoms with E-state index in [4.69, 9.17) is 4.74 Å². The van der Waals surface area contributed by atoms with E-state index in [1.165, 1.54) is 24.5 Å². The summed E-state index contributed by atoms with van der Waals surface area (Å²) in [5.41, 5.74) is 0.335. The van der Waals surface area contributed by atoms with E-state index in [9.17, 15) is 13.2 Å². The highest BCUT2D eigenvalue weighted by atomic mass is 32.2. The average Bonchev–Trinajstić information content (AvgIpc) is 3.20. The Morgan fingerprint density at radius 1 is 1.57 bits per heavy atom. The lowest BCUT2D eigenvalue weighted by molar-refractivity contribution is -0.118. The van der Waals surface area contributed by atoms with Crippen LogP contribution in [-0.2, 0) is 19.7 Å². The predicted octanol–water partition coefficient (Wildman–Crippen LogP) is 0.906. The largest absolute Gasteiger partial charge is 0.376 e. The van der Waals surface area contributed by atoms with Crippen LogP contribution in [0.25, 0.3) is 0 Å². The van der Waals surface area contributed by atoms with E-state index >= 15 is 0 Å². The number of nitrogens with one attached hydrogen (secondary N) is 1. The molecule has 124 valence electrons. The quantitative estimate of drug-likeness (QED) is 0.869. The monoisotopic (exact) mass is 355 g/mol. The van der Waals surface area contributed by atoms with E-state index in [0.717, 1.165) is 17.1 Å². The van der Waals surface area contributed by atoms with Crippen molar-refractivity contribution >= 4 is 33.2 Å². The molecule has 7 nitrogen and oxygen atoms in total. The molecule has 0 spiro atoms. The molecular weight excluding hydrogens is 338 g/mol. The number of carbonyl (C=O) groups is 1. The van der Waals surface area contributed by atoms with Crippen molar-refractivity contribution in [1.29, 1.82) is 0 Å². The number of hydrogen-bond donors (Lipinski definition) is 1. The van der Waals surface area contributed by atoms with Crippen LogP contribution in [-0.4, -0.2) is 50.6 Å². The fourth-order valence-corrected chi connectivity index (χ4v) is 4.06. The van der Waals surface area contributed by atoms with Gasteiger partial charge in [0.1, 0.15) is 5.70 Å². The zero-order valence-electron chi connectivity index (χ0n) is 12.6. The molecule has 0 saturated carbocycles. The molecule has 2 aliphatic rings. The van der Waals surface area contributed by atoms with Crippen molar-refractivity contribution in [1.82, 2.24) is 9.62 Å². The zero-order chi connectivity index (χ0) is 16.4. The number of likely N-dealkylation sites (N-methyl/N-ethyl adjacent to an activating group) is 1. The first-order chi connectivity index (χ1) is 11.0. The zero-order valence-corrected chi connectivity index (χ0v) is 14.2. The van der Waals surface area contributed by atoms with Crippen LogP contribution in [0.1, 0.15) is 17.7 Å². The van der Waals surface area contributed by atoms with Gasteiger partial charge in [-0.15, -0.1) is 15.7 Å². The van der Waals surface area contributed by atoms with E-state index in [2.05, 4.69) is 9.71 Å². The number of ether oxygens (including phenoxy) is 1. The maximum atomic E-state index is 12.4. The predicted molar refractivity (Wildman–Crippen MR) is 87.6 cm³/mol. The van der Waals surface area contributed by atoms with E-state index in [-0.39, 0.29) is 17.5 Å². The fraction of sp³-hybridized carbons (Fsp3) is 0.429. The van der Waals surface area contributed by atoms with E-state index in [0.29, 0.717) is 18.0 Å². The number of thiophene rings is 1. The Kier molecular flexibility index (Phi) is 4.51. The molecule has 0 aliphatic carbocycles. The summed E-state index contributed by atoms with van der Waals surface area (Å²) in [6.07, 6.45) is 3.37. The fourth-order valence-electron chi connectivity index (χ4n) is 2.41. The normalized spacial score (nSPS) is 23.3. The molecule has 1 fully saturated rings. The molecule has 2 aliphatic heterocycles. The van der Waals surface area contributed by atoms with Crippen molar-refractivity contribution in [3.63, 3.8) is 0 Å². The molecule has 3 rings (SSSR count). The first-order valence-corrected chi connectivity index (χ1v) is 9.49. The molecule has 1 unspecified atom stereocenters. The molecule has 0 aromatic carbocycles. The highest BCUT2D eigenvalue weighted by molar-refractivity contribution is 7.88. The van der Waals surface area contributed by atoms with E-state index in [1.54, 1.807) is 12.1 Å². The van der Waals surface area contributed by atoms with Crippen molar-refractivity contribution in [3.8, 4) is 0 Å². The Labute approximate surface area is 138 Å². The lowest BCUT2D eigenvalue weighted by Gasteiger charge is -2.23. The Hall–Kier alpha value is -1.71. The SMILES string of the molecule is CN1C(C(=O)NCC2CCCO2)=CC(c2cccs2)=NS1(=O)=O. The summed E-state index contributed by atoms with van der Waals surface area (Å²) < 4.78 is 34.4. The number of allylic oxidation sites excluding steroid dienone is 1.